The van der Waals surface area contributed by atoms with Crippen LogP contribution in [0.1, 0.15) is 32.5 Å². The number of carbonyl (C=O) groups is 2. The number of carbonyl (C=O) groups excluding carboxylic acids is 2. The van der Waals surface area contributed by atoms with Crippen LogP contribution in [0.25, 0.3) is 0 Å². The second-order valence-corrected chi connectivity index (χ2v) is 8.56. The van der Waals surface area contributed by atoms with Gasteiger partial charge in [0.25, 0.3) is 11.8 Å². The summed E-state index contributed by atoms with van der Waals surface area (Å²) in [6.07, 6.45) is 1.41. The number of methoxy groups -OCH3 is 1. The minimum Gasteiger partial charge on any atom is -0.493 e. The number of hydrogen-bond acceptors (Lipinski definition) is 6. The lowest BCUT2D eigenvalue weighted by molar-refractivity contribution is 0.102. The van der Waals surface area contributed by atoms with Crippen molar-refractivity contribution in [1.29, 1.82) is 0 Å². The molecule has 2 amide bonds. The molecule has 0 aliphatic heterocycles. The zero-order chi connectivity index (χ0) is 23.3. The third-order valence-corrected chi connectivity index (χ3v) is 6.43. The van der Waals surface area contributed by atoms with E-state index in [9.17, 15) is 9.59 Å². The summed E-state index contributed by atoms with van der Waals surface area (Å²) >= 11 is 19.7. The third kappa shape index (κ3) is 5.51. The summed E-state index contributed by atoms with van der Waals surface area (Å²) in [6, 6.07) is 6.15. The number of pyridine rings is 1. The first-order valence-electron chi connectivity index (χ1n) is 9.43. The number of amides is 2. The standard InChI is InChI=1S/C21H19Cl3N4O3S/c1-3-25-8-11-10-32-19(16(11)24)21(30)28-17-13(5-6-14(23)18(17)31-2)20(29)27-15-7-4-12(22)9-26-15/h4-7,9-10,25H,3,8H2,1-2H3,(H,28,30)(H,26,27,29). The minimum absolute atomic E-state index is 0.120. The molecule has 0 spiro atoms. The highest BCUT2D eigenvalue weighted by molar-refractivity contribution is 7.13. The van der Waals surface area contributed by atoms with Gasteiger partial charge in [-0.15, -0.1) is 11.3 Å². The molecule has 3 N–H and O–H groups in total. The molecule has 0 saturated carbocycles. The fraction of sp³-hybridized carbons (Fsp3) is 0.190. The topological polar surface area (TPSA) is 92.4 Å². The predicted molar refractivity (Wildman–Crippen MR) is 130 cm³/mol. The van der Waals surface area contributed by atoms with E-state index in [1.807, 2.05) is 12.3 Å². The second kappa shape index (κ2) is 11.0. The number of benzene rings is 1. The molecule has 32 heavy (non-hydrogen) atoms. The van der Waals surface area contributed by atoms with Crippen LogP contribution in [0.5, 0.6) is 5.75 Å². The van der Waals surface area contributed by atoms with E-state index < -0.39 is 11.8 Å². The molecule has 2 aromatic heterocycles. The maximum atomic E-state index is 13.0. The Bertz CT molecular complexity index is 1140. The summed E-state index contributed by atoms with van der Waals surface area (Å²) in [5.74, 6) is -0.561. The van der Waals surface area contributed by atoms with Crippen LogP contribution in [0.2, 0.25) is 15.1 Å². The van der Waals surface area contributed by atoms with Crippen molar-refractivity contribution in [2.24, 2.45) is 0 Å². The van der Waals surface area contributed by atoms with E-state index in [4.69, 9.17) is 39.5 Å². The highest BCUT2D eigenvalue weighted by atomic mass is 35.5. The van der Waals surface area contributed by atoms with Crippen molar-refractivity contribution in [3.63, 3.8) is 0 Å². The Kier molecular flexibility index (Phi) is 8.33. The Morgan fingerprint density at radius 1 is 1.09 bits per heavy atom. The molecule has 0 unspecified atom stereocenters. The number of rotatable bonds is 8. The predicted octanol–water partition coefficient (Wildman–Crippen LogP) is 5.73. The lowest BCUT2D eigenvalue weighted by atomic mass is 10.1. The molecule has 2 heterocycles. The van der Waals surface area contributed by atoms with Gasteiger partial charge in [0.05, 0.1) is 33.4 Å². The molecule has 3 aromatic rings. The second-order valence-electron chi connectivity index (χ2n) is 6.46. The molecule has 0 fully saturated rings. The van der Waals surface area contributed by atoms with Crippen molar-refractivity contribution in [2.45, 2.75) is 13.5 Å². The van der Waals surface area contributed by atoms with Crippen LogP contribution in [0.4, 0.5) is 11.5 Å². The van der Waals surface area contributed by atoms with Gasteiger partial charge >= 0.3 is 0 Å². The lowest BCUT2D eigenvalue weighted by Gasteiger charge is -2.16. The minimum atomic E-state index is -0.518. The lowest BCUT2D eigenvalue weighted by Crippen LogP contribution is -2.19. The van der Waals surface area contributed by atoms with E-state index in [0.29, 0.717) is 27.3 Å². The molecule has 0 atom stereocenters. The summed E-state index contributed by atoms with van der Waals surface area (Å²) in [6.45, 7) is 3.29. The SMILES string of the molecule is CCNCc1csc(C(=O)Nc2c(C(=O)Nc3ccc(Cl)cn3)ccc(Cl)c2OC)c1Cl. The van der Waals surface area contributed by atoms with Crippen molar-refractivity contribution >= 4 is 69.5 Å². The Hall–Kier alpha value is -2.36. The number of halogens is 3. The van der Waals surface area contributed by atoms with E-state index in [-0.39, 0.29) is 22.0 Å². The fourth-order valence-electron chi connectivity index (χ4n) is 2.79. The van der Waals surface area contributed by atoms with Gasteiger partial charge < -0.3 is 20.7 Å². The summed E-state index contributed by atoms with van der Waals surface area (Å²) < 4.78 is 5.36. The van der Waals surface area contributed by atoms with Gasteiger partial charge in [-0.3, -0.25) is 9.59 Å². The molecule has 0 radical (unpaired) electrons. The van der Waals surface area contributed by atoms with Crippen LogP contribution in [0.15, 0.2) is 35.8 Å². The van der Waals surface area contributed by atoms with Crippen LogP contribution >= 0.6 is 46.1 Å². The molecule has 3 rings (SSSR count). The van der Waals surface area contributed by atoms with Gasteiger partial charge in [-0.2, -0.15) is 0 Å². The third-order valence-electron chi connectivity index (χ3n) is 4.34. The van der Waals surface area contributed by atoms with Crippen molar-refractivity contribution < 1.29 is 14.3 Å². The number of anilines is 2. The zero-order valence-corrected chi connectivity index (χ0v) is 20.2. The van der Waals surface area contributed by atoms with Gasteiger partial charge in [0.15, 0.2) is 5.75 Å². The van der Waals surface area contributed by atoms with Crippen LogP contribution < -0.4 is 20.7 Å². The number of nitrogens with zero attached hydrogens (tertiary/aromatic N) is 1. The van der Waals surface area contributed by atoms with E-state index in [1.165, 1.54) is 36.8 Å². The van der Waals surface area contributed by atoms with Crippen LogP contribution in [0.3, 0.4) is 0 Å². The van der Waals surface area contributed by atoms with E-state index in [1.54, 1.807) is 12.1 Å². The maximum Gasteiger partial charge on any atom is 0.267 e. The smallest absolute Gasteiger partial charge is 0.267 e. The van der Waals surface area contributed by atoms with Gasteiger partial charge in [-0.25, -0.2) is 4.98 Å². The Balaban J connectivity index is 1.92. The molecule has 0 saturated heterocycles. The van der Waals surface area contributed by atoms with E-state index in [2.05, 4.69) is 20.9 Å². The van der Waals surface area contributed by atoms with E-state index >= 15 is 0 Å². The summed E-state index contributed by atoms with van der Waals surface area (Å²) in [5.41, 5.74) is 1.07. The maximum absolute atomic E-state index is 13.0. The van der Waals surface area contributed by atoms with Gasteiger partial charge in [0.1, 0.15) is 10.7 Å². The number of ether oxygens (including phenoxy) is 1. The Morgan fingerprint density at radius 3 is 2.53 bits per heavy atom. The molecule has 168 valence electrons. The van der Waals surface area contributed by atoms with Crippen LogP contribution in [0, 0.1) is 0 Å². The molecular weight excluding hydrogens is 495 g/mol. The summed E-state index contributed by atoms with van der Waals surface area (Å²) in [4.78, 5) is 30.3. The first-order valence-corrected chi connectivity index (χ1v) is 11.4. The van der Waals surface area contributed by atoms with Gasteiger partial charge in [0, 0.05) is 12.7 Å². The molecular formula is C21H19Cl3N4O3S. The fourth-order valence-corrected chi connectivity index (χ4v) is 4.39. The summed E-state index contributed by atoms with van der Waals surface area (Å²) in [7, 11) is 1.39. The molecule has 0 bridgehead atoms. The normalized spacial score (nSPS) is 10.7. The first kappa shape index (κ1) is 24.3. The zero-order valence-electron chi connectivity index (χ0n) is 17.1. The quantitative estimate of drug-likeness (QED) is 0.358. The number of thiophene rings is 1. The Labute approximate surface area is 204 Å². The van der Waals surface area contributed by atoms with Crippen LogP contribution in [-0.2, 0) is 6.54 Å². The van der Waals surface area contributed by atoms with Crippen molar-refractivity contribution in [3.05, 3.63) is 66.9 Å². The van der Waals surface area contributed by atoms with Gasteiger partial charge in [-0.05, 0) is 41.8 Å². The monoisotopic (exact) mass is 512 g/mol. The average molecular weight is 514 g/mol. The number of aromatic nitrogens is 1. The summed E-state index contributed by atoms with van der Waals surface area (Å²) in [5, 5.41) is 11.4. The number of hydrogen-bond donors (Lipinski definition) is 3. The average Bonchev–Trinajstić information content (AvgIpc) is 3.14. The Morgan fingerprint density at radius 2 is 1.88 bits per heavy atom. The first-order chi connectivity index (χ1) is 15.3. The molecule has 0 aliphatic rings. The van der Waals surface area contributed by atoms with E-state index in [0.717, 1.165) is 12.1 Å². The van der Waals surface area contributed by atoms with Crippen molar-refractivity contribution in [1.82, 2.24) is 10.3 Å². The highest BCUT2D eigenvalue weighted by Gasteiger charge is 2.24. The van der Waals surface area contributed by atoms with Gasteiger partial charge in [0.2, 0.25) is 0 Å². The van der Waals surface area contributed by atoms with Gasteiger partial charge in [-0.1, -0.05) is 41.7 Å². The van der Waals surface area contributed by atoms with Crippen molar-refractivity contribution in [3.8, 4) is 5.75 Å². The highest BCUT2D eigenvalue weighted by Crippen LogP contribution is 2.37. The molecule has 1 aromatic carbocycles. The molecule has 0 aliphatic carbocycles. The van der Waals surface area contributed by atoms with Crippen LogP contribution in [-0.4, -0.2) is 30.5 Å². The largest absolute Gasteiger partial charge is 0.493 e. The molecule has 11 heteroatoms. The number of nitrogens with one attached hydrogen (secondary N) is 3. The molecule has 7 nitrogen and oxygen atoms in total. The van der Waals surface area contributed by atoms with Crippen molar-refractivity contribution in [2.75, 3.05) is 24.3 Å².